The van der Waals surface area contributed by atoms with Crippen LogP contribution in [0.4, 0.5) is 5.69 Å². The maximum Gasteiger partial charge on any atom is 0.115 e. The minimum Gasteiger partial charge on any atom is -0.380 e. The van der Waals surface area contributed by atoms with E-state index in [1.807, 2.05) is 18.5 Å². The molecule has 0 unspecified atom stereocenters. The number of hydrogen-bond donors (Lipinski definition) is 1. The summed E-state index contributed by atoms with van der Waals surface area (Å²) in [6.45, 7) is 0.725. The minimum atomic E-state index is 0.725. The van der Waals surface area contributed by atoms with Crippen molar-refractivity contribution in [3.63, 3.8) is 0 Å². The highest BCUT2D eigenvalue weighted by Crippen LogP contribution is 2.31. The zero-order valence-electron chi connectivity index (χ0n) is 10.3. The lowest BCUT2D eigenvalue weighted by atomic mass is 10.1. The Morgan fingerprint density at radius 3 is 2.63 bits per heavy atom. The molecule has 0 saturated carbocycles. The van der Waals surface area contributed by atoms with Crippen molar-refractivity contribution in [2.45, 2.75) is 6.54 Å². The fourth-order valence-corrected chi connectivity index (χ4v) is 2.67. The Balaban J connectivity index is 1.82. The van der Waals surface area contributed by atoms with Crippen LogP contribution in [0.5, 0.6) is 0 Å². The predicted molar refractivity (Wildman–Crippen MR) is 79.1 cm³/mol. The van der Waals surface area contributed by atoms with E-state index in [4.69, 9.17) is 0 Å². The lowest BCUT2D eigenvalue weighted by molar-refractivity contribution is 1.05. The molecule has 2 heterocycles. The molecular weight excluding hydrogens is 254 g/mol. The lowest BCUT2D eigenvalue weighted by Crippen LogP contribution is -2.01. The third-order valence-electron chi connectivity index (χ3n) is 2.81. The third kappa shape index (κ3) is 2.80. The zero-order valence-corrected chi connectivity index (χ0v) is 11.1. The summed E-state index contributed by atoms with van der Waals surface area (Å²) in [6, 6.07) is 12.5. The Morgan fingerprint density at radius 2 is 1.84 bits per heavy atom. The van der Waals surface area contributed by atoms with Crippen LogP contribution in [0, 0.1) is 0 Å². The first-order chi connectivity index (χ1) is 9.43. The van der Waals surface area contributed by atoms with Gasteiger partial charge in [-0.1, -0.05) is 24.3 Å². The monoisotopic (exact) mass is 267 g/mol. The third-order valence-corrected chi connectivity index (χ3v) is 3.71. The second kappa shape index (κ2) is 5.63. The highest BCUT2D eigenvalue weighted by Gasteiger charge is 2.04. The number of para-hydroxylation sites is 1. The molecule has 1 aromatic carbocycles. The summed E-state index contributed by atoms with van der Waals surface area (Å²) >= 11 is 1.75. The van der Waals surface area contributed by atoms with E-state index in [9.17, 15) is 0 Å². The molecule has 0 amide bonds. The van der Waals surface area contributed by atoms with Gasteiger partial charge in [0.05, 0.1) is 0 Å². The molecule has 0 radical (unpaired) electrons. The topological polar surface area (TPSA) is 37.8 Å². The summed E-state index contributed by atoms with van der Waals surface area (Å²) in [7, 11) is 0. The van der Waals surface area contributed by atoms with Gasteiger partial charge in [-0.25, -0.2) is 9.97 Å². The molecule has 4 heteroatoms. The average Bonchev–Trinajstić information content (AvgIpc) is 3.01. The quantitative estimate of drug-likeness (QED) is 0.781. The number of anilines is 1. The number of nitrogens with zero attached hydrogens (tertiary/aromatic N) is 2. The first-order valence-electron chi connectivity index (χ1n) is 6.04. The molecule has 3 rings (SSSR count). The van der Waals surface area contributed by atoms with Crippen LogP contribution in [0.3, 0.4) is 0 Å². The number of rotatable bonds is 4. The standard InChI is InChI=1S/C15H13N3S/c1-2-5-14(13(4-1)15-6-3-7-19-15)18-10-12-8-16-11-17-9-12/h1-9,11,18H,10H2. The lowest BCUT2D eigenvalue weighted by Gasteiger charge is -2.10. The van der Waals surface area contributed by atoms with Gasteiger partial charge >= 0.3 is 0 Å². The normalized spacial score (nSPS) is 10.3. The van der Waals surface area contributed by atoms with Crippen molar-refractivity contribution in [1.82, 2.24) is 9.97 Å². The first-order valence-corrected chi connectivity index (χ1v) is 6.92. The molecular formula is C15H13N3S. The SMILES string of the molecule is c1csc(-c2ccccc2NCc2cncnc2)c1. The minimum absolute atomic E-state index is 0.725. The summed E-state index contributed by atoms with van der Waals surface area (Å²) in [5.41, 5.74) is 3.44. The largest absolute Gasteiger partial charge is 0.380 e. The van der Waals surface area contributed by atoms with Crippen LogP contribution in [-0.4, -0.2) is 9.97 Å². The van der Waals surface area contributed by atoms with Gasteiger partial charge in [-0.05, 0) is 17.5 Å². The van der Waals surface area contributed by atoms with Crippen LogP contribution in [0.1, 0.15) is 5.56 Å². The van der Waals surface area contributed by atoms with E-state index in [-0.39, 0.29) is 0 Å². The Kier molecular flexibility index (Phi) is 3.51. The molecule has 94 valence electrons. The van der Waals surface area contributed by atoms with Crippen molar-refractivity contribution in [1.29, 1.82) is 0 Å². The van der Waals surface area contributed by atoms with Gasteiger partial charge in [0.1, 0.15) is 6.33 Å². The number of thiophene rings is 1. The van der Waals surface area contributed by atoms with E-state index >= 15 is 0 Å². The molecule has 0 aliphatic rings. The van der Waals surface area contributed by atoms with Crippen molar-refractivity contribution in [2.24, 2.45) is 0 Å². The second-order valence-corrected chi connectivity index (χ2v) is 5.07. The molecule has 3 aromatic rings. The maximum atomic E-state index is 4.02. The highest BCUT2D eigenvalue weighted by molar-refractivity contribution is 7.13. The Hall–Kier alpha value is -2.20. The zero-order chi connectivity index (χ0) is 12.9. The van der Waals surface area contributed by atoms with Gasteiger partial charge in [0.2, 0.25) is 0 Å². The molecule has 0 spiro atoms. The summed E-state index contributed by atoms with van der Waals surface area (Å²) in [6.07, 6.45) is 5.20. The number of hydrogen-bond acceptors (Lipinski definition) is 4. The van der Waals surface area contributed by atoms with E-state index in [0.717, 1.165) is 17.8 Å². The molecule has 0 aliphatic heterocycles. The smallest absolute Gasteiger partial charge is 0.115 e. The van der Waals surface area contributed by atoms with E-state index in [0.29, 0.717) is 0 Å². The Labute approximate surface area is 116 Å². The second-order valence-electron chi connectivity index (χ2n) is 4.12. The van der Waals surface area contributed by atoms with Gasteiger partial charge < -0.3 is 5.32 Å². The molecule has 1 N–H and O–H groups in total. The Morgan fingerprint density at radius 1 is 1.00 bits per heavy atom. The van der Waals surface area contributed by atoms with E-state index in [1.165, 1.54) is 10.4 Å². The summed E-state index contributed by atoms with van der Waals surface area (Å²) in [5, 5.41) is 5.54. The van der Waals surface area contributed by atoms with E-state index in [2.05, 4.69) is 51.0 Å². The van der Waals surface area contributed by atoms with Crippen molar-refractivity contribution in [3.05, 3.63) is 66.1 Å². The molecule has 0 fully saturated rings. The summed E-state index contributed by atoms with van der Waals surface area (Å²) in [5.74, 6) is 0. The van der Waals surface area contributed by atoms with Gasteiger partial charge in [-0.15, -0.1) is 11.3 Å². The van der Waals surface area contributed by atoms with Crippen LogP contribution in [0.2, 0.25) is 0 Å². The molecule has 0 aliphatic carbocycles. The van der Waals surface area contributed by atoms with Crippen molar-refractivity contribution in [2.75, 3.05) is 5.32 Å². The van der Waals surface area contributed by atoms with Crippen molar-refractivity contribution >= 4 is 17.0 Å². The summed E-state index contributed by atoms with van der Waals surface area (Å²) < 4.78 is 0. The molecule has 3 nitrogen and oxygen atoms in total. The van der Waals surface area contributed by atoms with Gasteiger partial charge in [-0.2, -0.15) is 0 Å². The fourth-order valence-electron chi connectivity index (χ4n) is 1.90. The first kappa shape index (κ1) is 11.9. The summed E-state index contributed by atoms with van der Waals surface area (Å²) in [4.78, 5) is 9.31. The highest BCUT2D eigenvalue weighted by atomic mass is 32.1. The van der Waals surface area contributed by atoms with Crippen LogP contribution < -0.4 is 5.32 Å². The number of nitrogens with one attached hydrogen (secondary N) is 1. The van der Waals surface area contributed by atoms with Gasteiger partial charge in [0, 0.05) is 40.6 Å². The van der Waals surface area contributed by atoms with Crippen LogP contribution in [-0.2, 0) is 6.54 Å². The van der Waals surface area contributed by atoms with E-state index < -0.39 is 0 Å². The van der Waals surface area contributed by atoms with Gasteiger partial charge in [-0.3, -0.25) is 0 Å². The predicted octanol–water partition coefficient (Wildman–Crippen LogP) is 3.82. The van der Waals surface area contributed by atoms with Crippen LogP contribution >= 0.6 is 11.3 Å². The number of benzene rings is 1. The van der Waals surface area contributed by atoms with Crippen molar-refractivity contribution in [3.8, 4) is 10.4 Å². The fraction of sp³-hybridized carbons (Fsp3) is 0.0667. The van der Waals surface area contributed by atoms with Gasteiger partial charge in [0.25, 0.3) is 0 Å². The average molecular weight is 267 g/mol. The molecule has 0 atom stereocenters. The van der Waals surface area contributed by atoms with E-state index in [1.54, 1.807) is 17.7 Å². The molecule has 0 bridgehead atoms. The molecule has 19 heavy (non-hydrogen) atoms. The molecule has 2 aromatic heterocycles. The number of aromatic nitrogens is 2. The molecule has 0 saturated heterocycles. The van der Waals surface area contributed by atoms with Crippen molar-refractivity contribution < 1.29 is 0 Å². The van der Waals surface area contributed by atoms with Crippen LogP contribution in [0.15, 0.2) is 60.5 Å². The Bertz CT molecular complexity index is 636. The maximum absolute atomic E-state index is 4.02. The van der Waals surface area contributed by atoms with Gasteiger partial charge in [0.15, 0.2) is 0 Å². The van der Waals surface area contributed by atoms with Crippen LogP contribution in [0.25, 0.3) is 10.4 Å².